The molecule has 1 saturated heterocycles. The molecule has 3 heterocycles. The molecule has 1 aromatic carbocycles. The summed E-state index contributed by atoms with van der Waals surface area (Å²) in [4.78, 5) is 0. The van der Waals surface area contributed by atoms with Gasteiger partial charge in [0.2, 0.25) is 11.8 Å². The lowest BCUT2D eigenvalue weighted by Gasteiger charge is -2.29. The highest BCUT2D eigenvalue weighted by Crippen LogP contribution is 2.64. The Hall–Kier alpha value is -2.74. The van der Waals surface area contributed by atoms with E-state index in [0.29, 0.717) is 6.07 Å². The molecule has 0 saturated carbocycles. The number of aliphatic hydroxyl groups excluding tert-OH is 2. The van der Waals surface area contributed by atoms with Gasteiger partial charge in [-0.2, -0.15) is 18.4 Å². The third-order valence-electron chi connectivity index (χ3n) is 5.65. The first-order valence-electron chi connectivity index (χ1n) is 8.23. The summed E-state index contributed by atoms with van der Waals surface area (Å²) in [6, 6.07) is 4.16. The van der Waals surface area contributed by atoms with Crippen LogP contribution in [0.15, 0.2) is 18.2 Å². The second-order valence-corrected chi connectivity index (χ2v) is 7.28. The maximum Gasteiger partial charge on any atom is 0.417 e. The summed E-state index contributed by atoms with van der Waals surface area (Å²) in [5.74, 6) is -1.25. The first-order valence-corrected chi connectivity index (χ1v) is 8.23. The molecule has 0 amide bonds. The lowest BCUT2D eigenvalue weighted by atomic mass is 9.76. The van der Waals surface area contributed by atoms with Crippen LogP contribution in [-0.2, 0) is 22.1 Å². The Labute approximate surface area is 156 Å². The number of hydrogen-bond donors (Lipinski definition) is 4. The van der Waals surface area contributed by atoms with Crippen LogP contribution in [-0.4, -0.2) is 37.2 Å². The van der Waals surface area contributed by atoms with Crippen LogP contribution in [0, 0.1) is 11.3 Å². The van der Waals surface area contributed by atoms with Crippen LogP contribution in [0.3, 0.4) is 0 Å². The minimum Gasteiger partial charge on any atom is -0.494 e. The maximum absolute atomic E-state index is 13.3. The molecule has 4 rings (SSSR count). The highest BCUT2D eigenvalue weighted by atomic mass is 19.4. The largest absolute Gasteiger partial charge is 0.494 e. The number of fused-ring (bicyclic) bond motifs is 5. The average molecular weight is 396 g/mol. The Kier molecular flexibility index (Phi) is 3.45. The minimum absolute atomic E-state index is 0.0109. The van der Waals surface area contributed by atoms with Gasteiger partial charge in [0.1, 0.15) is 23.4 Å². The van der Waals surface area contributed by atoms with Gasteiger partial charge in [-0.15, -0.1) is 0 Å². The zero-order valence-electron chi connectivity index (χ0n) is 14.6. The molecule has 0 spiro atoms. The van der Waals surface area contributed by atoms with Crippen molar-refractivity contribution in [2.24, 2.45) is 0 Å². The van der Waals surface area contributed by atoms with E-state index in [1.165, 1.54) is 19.9 Å². The van der Waals surface area contributed by atoms with Crippen LogP contribution in [0.1, 0.15) is 36.1 Å². The van der Waals surface area contributed by atoms with Gasteiger partial charge in [-0.05, 0) is 32.0 Å². The number of benzene rings is 1. The van der Waals surface area contributed by atoms with E-state index in [0.717, 1.165) is 16.7 Å². The van der Waals surface area contributed by atoms with Crippen LogP contribution in [0.25, 0.3) is 5.69 Å². The van der Waals surface area contributed by atoms with E-state index < -0.39 is 52.5 Å². The van der Waals surface area contributed by atoms with Gasteiger partial charge in [0.05, 0.1) is 34.0 Å². The monoisotopic (exact) mass is 396 g/mol. The van der Waals surface area contributed by atoms with Gasteiger partial charge < -0.3 is 25.2 Å². The highest BCUT2D eigenvalue weighted by Gasteiger charge is 2.69. The van der Waals surface area contributed by atoms with E-state index in [1.54, 1.807) is 0 Å². The number of aromatic hydroxyl groups is 2. The topological polar surface area (TPSA) is 119 Å². The Morgan fingerprint density at radius 3 is 2.00 bits per heavy atom. The van der Waals surface area contributed by atoms with Crippen molar-refractivity contribution < 1.29 is 38.3 Å². The van der Waals surface area contributed by atoms with E-state index in [1.807, 2.05) is 0 Å². The van der Waals surface area contributed by atoms with Gasteiger partial charge in [0.15, 0.2) is 0 Å². The fourth-order valence-corrected chi connectivity index (χ4v) is 4.30. The first kappa shape index (κ1) is 18.6. The molecule has 0 aliphatic carbocycles. The fraction of sp³-hybridized carbons (Fsp3) is 0.389. The molecular weight excluding hydrogens is 381 g/mol. The quantitative estimate of drug-likeness (QED) is 0.585. The molecule has 2 aromatic rings. The average Bonchev–Trinajstić information content (AvgIpc) is 3.10. The minimum atomic E-state index is -4.82. The lowest BCUT2D eigenvalue weighted by Crippen LogP contribution is -2.44. The van der Waals surface area contributed by atoms with Crippen LogP contribution in [0.4, 0.5) is 13.2 Å². The number of aromatic nitrogens is 1. The molecule has 10 heteroatoms. The van der Waals surface area contributed by atoms with E-state index in [-0.39, 0.29) is 16.8 Å². The van der Waals surface area contributed by atoms with Crippen LogP contribution in [0.5, 0.6) is 11.8 Å². The molecule has 7 nitrogen and oxygen atoms in total. The second-order valence-electron chi connectivity index (χ2n) is 7.28. The van der Waals surface area contributed by atoms with Crippen molar-refractivity contribution in [3.63, 3.8) is 0 Å². The van der Waals surface area contributed by atoms with Crippen molar-refractivity contribution in [2.75, 3.05) is 0 Å². The smallest absolute Gasteiger partial charge is 0.417 e. The Bertz CT molecular complexity index is 1010. The van der Waals surface area contributed by atoms with Gasteiger partial charge >= 0.3 is 6.18 Å². The van der Waals surface area contributed by atoms with Crippen molar-refractivity contribution in [3.8, 4) is 23.5 Å². The number of rotatable bonds is 1. The lowest BCUT2D eigenvalue weighted by molar-refractivity contribution is -0.137. The molecule has 4 atom stereocenters. The SMILES string of the molecule is C[C@]12O[C@](C)(c3c1c(O)n(-c1ccc(C#N)c(C(F)(F)F)c1)c3O)[C@@H](O)[C@H]2O. The zero-order valence-corrected chi connectivity index (χ0v) is 14.6. The van der Waals surface area contributed by atoms with Crippen molar-refractivity contribution >= 4 is 0 Å². The van der Waals surface area contributed by atoms with E-state index in [2.05, 4.69) is 0 Å². The summed E-state index contributed by atoms with van der Waals surface area (Å²) in [7, 11) is 0. The van der Waals surface area contributed by atoms with Crippen LogP contribution in [0.2, 0.25) is 0 Å². The van der Waals surface area contributed by atoms with Crippen molar-refractivity contribution in [1.82, 2.24) is 4.57 Å². The van der Waals surface area contributed by atoms with Crippen molar-refractivity contribution in [1.29, 1.82) is 5.26 Å². The Balaban J connectivity index is 1.99. The predicted octanol–water partition coefficient (Wildman–Crippen LogP) is 1.97. The number of ether oxygens (including phenoxy) is 1. The molecule has 4 N–H and O–H groups in total. The molecule has 2 bridgehead atoms. The summed E-state index contributed by atoms with van der Waals surface area (Å²) >= 11 is 0. The molecule has 0 unspecified atom stereocenters. The number of alkyl halides is 3. The van der Waals surface area contributed by atoms with Gasteiger partial charge in [-0.25, -0.2) is 0 Å². The van der Waals surface area contributed by atoms with Gasteiger partial charge in [0.25, 0.3) is 0 Å². The summed E-state index contributed by atoms with van der Waals surface area (Å²) in [6.45, 7) is 2.81. The van der Waals surface area contributed by atoms with Crippen molar-refractivity contribution in [3.05, 3.63) is 40.5 Å². The molecule has 148 valence electrons. The fourth-order valence-electron chi connectivity index (χ4n) is 4.30. The molecule has 2 aliphatic heterocycles. The summed E-state index contributed by atoms with van der Waals surface area (Å²) in [5.41, 5.74) is -5.22. The molecule has 2 aliphatic rings. The maximum atomic E-state index is 13.3. The molecule has 28 heavy (non-hydrogen) atoms. The van der Waals surface area contributed by atoms with Crippen molar-refractivity contribution in [2.45, 2.75) is 43.4 Å². The van der Waals surface area contributed by atoms with E-state index in [9.17, 15) is 33.6 Å². The summed E-state index contributed by atoms with van der Waals surface area (Å²) in [6.07, 6.45) is -7.66. The number of nitriles is 1. The summed E-state index contributed by atoms with van der Waals surface area (Å²) < 4.78 is 46.3. The predicted molar refractivity (Wildman–Crippen MR) is 86.6 cm³/mol. The first-order chi connectivity index (χ1) is 12.9. The number of hydrogen-bond acceptors (Lipinski definition) is 6. The normalized spacial score (nSPS) is 31.1. The third-order valence-corrected chi connectivity index (χ3v) is 5.65. The van der Waals surface area contributed by atoms with Gasteiger partial charge in [-0.1, -0.05) is 0 Å². The Morgan fingerprint density at radius 1 is 1.07 bits per heavy atom. The van der Waals surface area contributed by atoms with Gasteiger partial charge in [0, 0.05) is 0 Å². The zero-order chi connectivity index (χ0) is 20.8. The van der Waals surface area contributed by atoms with E-state index >= 15 is 0 Å². The van der Waals surface area contributed by atoms with Crippen LogP contribution < -0.4 is 0 Å². The van der Waals surface area contributed by atoms with Crippen LogP contribution >= 0.6 is 0 Å². The van der Waals surface area contributed by atoms with E-state index in [4.69, 9.17) is 10.00 Å². The molecular formula is C18H15F3N2O5. The number of halogens is 3. The second kappa shape index (κ2) is 5.20. The van der Waals surface area contributed by atoms with Gasteiger partial charge in [-0.3, -0.25) is 4.57 Å². The standard InChI is InChI=1S/C18H15F3N2O5/c1-16-10-11(17(2,28-16)13(25)12(16)24)15(27)23(14(10)26)8-4-3-7(6-22)9(5-8)18(19,20)21/h3-5,12-13,24-27H,1-2H3/t12-,13+,16+,17-. The summed E-state index contributed by atoms with van der Waals surface area (Å²) in [5, 5.41) is 50.9. The number of nitrogens with zero attached hydrogens (tertiary/aromatic N) is 2. The third kappa shape index (κ3) is 1.98. The number of aliphatic hydroxyl groups is 2. The highest BCUT2D eigenvalue weighted by molar-refractivity contribution is 5.63. The molecule has 1 fully saturated rings. The molecule has 0 radical (unpaired) electrons. The molecule has 1 aromatic heterocycles. The Morgan fingerprint density at radius 2 is 1.57 bits per heavy atom.